The Morgan fingerprint density at radius 3 is 2.42 bits per heavy atom. The van der Waals surface area contributed by atoms with Crippen LogP contribution >= 0.6 is 0 Å². The summed E-state index contributed by atoms with van der Waals surface area (Å²) in [5, 5.41) is 13.5. The summed E-state index contributed by atoms with van der Waals surface area (Å²) in [4.78, 5) is 32.1. The molecule has 3 aromatic heterocycles. The third-order valence-electron chi connectivity index (χ3n) is 6.15. The molecule has 0 unspecified atom stereocenters. The number of benzene rings is 1. The van der Waals surface area contributed by atoms with E-state index in [1.54, 1.807) is 17.9 Å². The van der Waals surface area contributed by atoms with Crippen molar-refractivity contribution in [1.82, 2.24) is 40.2 Å². The van der Waals surface area contributed by atoms with Crippen molar-refractivity contribution in [3.05, 3.63) is 66.5 Å². The molecule has 1 atom stereocenters. The molecule has 0 aliphatic rings. The number of aryl methyl sites for hydroxylation is 1. The first-order valence-electron chi connectivity index (χ1n) is 12.3. The quantitative estimate of drug-likeness (QED) is 0.239. The maximum atomic E-state index is 12.9. The highest BCUT2D eigenvalue weighted by atomic mass is 19.3. The first kappa shape index (κ1) is 26.7. The van der Waals surface area contributed by atoms with E-state index >= 15 is 0 Å². The van der Waals surface area contributed by atoms with Crippen LogP contribution < -0.4 is 10.6 Å². The number of aromatic amines is 1. The molecule has 0 saturated carbocycles. The number of amides is 2. The van der Waals surface area contributed by atoms with Crippen molar-refractivity contribution in [2.24, 2.45) is 7.05 Å². The van der Waals surface area contributed by atoms with E-state index in [9.17, 15) is 18.4 Å². The Hall–Kier alpha value is -4.35. The summed E-state index contributed by atoms with van der Waals surface area (Å²) in [7, 11) is 3.47. The predicted octanol–water partition coefficient (Wildman–Crippen LogP) is 4.24. The molecule has 0 aliphatic heterocycles. The molecule has 1 aromatic carbocycles. The third kappa shape index (κ3) is 6.69. The van der Waals surface area contributed by atoms with Crippen LogP contribution in [-0.4, -0.2) is 48.4 Å². The molecule has 3 heterocycles. The number of nitrogens with zero attached hydrogens (tertiary/aromatic N) is 5. The largest absolute Gasteiger partial charge is 0.359 e. The van der Waals surface area contributed by atoms with Crippen LogP contribution in [0.4, 0.5) is 8.78 Å². The van der Waals surface area contributed by atoms with Crippen molar-refractivity contribution in [1.29, 1.82) is 0 Å². The summed E-state index contributed by atoms with van der Waals surface area (Å²) < 4.78 is 28.0. The molecule has 10 nitrogen and oxygen atoms in total. The average Bonchev–Trinajstić information content (AvgIpc) is 3.69. The Morgan fingerprint density at radius 2 is 1.76 bits per heavy atom. The molecule has 2 amide bonds. The fourth-order valence-corrected chi connectivity index (χ4v) is 4.06. The van der Waals surface area contributed by atoms with Gasteiger partial charge in [0.25, 0.3) is 5.91 Å². The molecular weight excluding hydrogens is 494 g/mol. The second-order valence-electron chi connectivity index (χ2n) is 8.89. The standard InChI is InChI=1S/C26H30F2N8O2/c1-29-23(37)7-5-3-4-6-20(32-25(38)21-13-15-36(34-21)26(27)28)24-30-16-22(31-24)18-10-8-17(9-11-18)19-12-14-35(2)33-19/h8-16,20,26H,3-7H2,1-2H3,(H,29,37)(H,30,31)(H,32,38)/t20-/m0/s1. The number of hydrogen-bond acceptors (Lipinski definition) is 5. The van der Waals surface area contributed by atoms with Crippen LogP contribution in [0.15, 0.2) is 55.0 Å². The highest BCUT2D eigenvalue weighted by molar-refractivity contribution is 5.92. The summed E-state index contributed by atoms with van der Waals surface area (Å²) >= 11 is 0. The Labute approximate surface area is 218 Å². The minimum absolute atomic E-state index is 0.0193. The van der Waals surface area contributed by atoms with E-state index in [-0.39, 0.29) is 11.6 Å². The molecule has 4 rings (SSSR count). The number of imidazole rings is 1. The minimum Gasteiger partial charge on any atom is -0.359 e. The van der Waals surface area contributed by atoms with E-state index in [4.69, 9.17) is 0 Å². The first-order valence-corrected chi connectivity index (χ1v) is 12.3. The molecule has 0 aliphatic carbocycles. The van der Waals surface area contributed by atoms with Crippen molar-refractivity contribution >= 4 is 11.8 Å². The maximum absolute atomic E-state index is 12.9. The van der Waals surface area contributed by atoms with Crippen molar-refractivity contribution in [3.8, 4) is 22.5 Å². The van der Waals surface area contributed by atoms with E-state index in [1.807, 2.05) is 43.6 Å². The molecule has 0 bridgehead atoms. The zero-order valence-electron chi connectivity index (χ0n) is 21.2. The summed E-state index contributed by atoms with van der Waals surface area (Å²) in [5.74, 6) is -0.0478. The van der Waals surface area contributed by atoms with Gasteiger partial charge in [-0.15, -0.1) is 0 Å². The fourth-order valence-electron chi connectivity index (χ4n) is 4.06. The van der Waals surface area contributed by atoms with Crippen molar-refractivity contribution in [2.75, 3.05) is 7.05 Å². The number of unbranched alkanes of at least 4 members (excludes halogenated alkanes) is 2. The van der Waals surface area contributed by atoms with E-state index < -0.39 is 18.5 Å². The van der Waals surface area contributed by atoms with Crippen LogP contribution in [0.1, 0.15) is 61.0 Å². The summed E-state index contributed by atoms with van der Waals surface area (Å²) in [6.45, 7) is -2.83. The molecule has 0 fully saturated rings. The molecule has 38 heavy (non-hydrogen) atoms. The molecular formula is C26H30F2N8O2. The van der Waals surface area contributed by atoms with Crippen LogP contribution in [0.25, 0.3) is 22.5 Å². The van der Waals surface area contributed by atoms with Crippen LogP contribution in [-0.2, 0) is 11.8 Å². The number of nitrogens with one attached hydrogen (secondary N) is 3. The molecule has 0 radical (unpaired) electrons. The molecule has 12 heteroatoms. The second-order valence-corrected chi connectivity index (χ2v) is 8.89. The topological polar surface area (TPSA) is 123 Å². The van der Waals surface area contributed by atoms with Gasteiger partial charge in [-0.05, 0) is 30.5 Å². The summed E-state index contributed by atoms with van der Waals surface area (Å²) in [5.41, 5.74) is 3.44. The zero-order valence-corrected chi connectivity index (χ0v) is 21.2. The summed E-state index contributed by atoms with van der Waals surface area (Å²) in [6, 6.07) is 10.6. The molecule has 200 valence electrons. The predicted molar refractivity (Wildman–Crippen MR) is 137 cm³/mol. The number of carbonyl (C=O) groups excluding carboxylic acids is 2. The highest BCUT2D eigenvalue weighted by Crippen LogP contribution is 2.25. The van der Waals surface area contributed by atoms with E-state index in [0.717, 1.165) is 41.6 Å². The maximum Gasteiger partial charge on any atom is 0.333 e. The van der Waals surface area contributed by atoms with Gasteiger partial charge in [-0.3, -0.25) is 14.3 Å². The zero-order chi connectivity index (χ0) is 27.1. The highest BCUT2D eigenvalue weighted by Gasteiger charge is 2.21. The van der Waals surface area contributed by atoms with Gasteiger partial charge < -0.3 is 15.6 Å². The van der Waals surface area contributed by atoms with Gasteiger partial charge in [0.2, 0.25) is 5.91 Å². The number of rotatable bonds is 12. The first-order chi connectivity index (χ1) is 18.3. The molecule has 0 saturated heterocycles. The monoisotopic (exact) mass is 524 g/mol. The Balaban J connectivity index is 1.47. The third-order valence-corrected chi connectivity index (χ3v) is 6.15. The Kier molecular flexibility index (Phi) is 8.62. The van der Waals surface area contributed by atoms with E-state index in [1.165, 1.54) is 6.07 Å². The number of aromatic nitrogens is 6. The number of alkyl halides is 2. The van der Waals surface area contributed by atoms with Crippen molar-refractivity contribution in [3.63, 3.8) is 0 Å². The average molecular weight is 525 g/mol. The van der Waals surface area contributed by atoms with Gasteiger partial charge in [0.15, 0.2) is 0 Å². The normalized spacial score (nSPS) is 12.0. The van der Waals surface area contributed by atoms with Crippen LogP contribution in [0.2, 0.25) is 0 Å². The van der Waals surface area contributed by atoms with Gasteiger partial charge in [0, 0.05) is 38.5 Å². The van der Waals surface area contributed by atoms with Gasteiger partial charge in [-0.1, -0.05) is 37.1 Å². The van der Waals surface area contributed by atoms with Gasteiger partial charge in [-0.25, -0.2) is 9.67 Å². The Morgan fingerprint density at radius 1 is 1.00 bits per heavy atom. The van der Waals surface area contributed by atoms with Crippen molar-refractivity contribution in [2.45, 2.75) is 44.7 Å². The molecule has 0 spiro atoms. The number of hydrogen-bond donors (Lipinski definition) is 3. The van der Waals surface area contributed by atoms with E-state index in [2.05, 4.69) is 30.8 Å². The van der Waals surface area contributed by atoms with Crippen LogP contribution in [0, 0.1) is 0 Å². The number of carbonyl (C=O) groups is 2. The lowest BCUT2D eigenvalue weighted by molar-refractivity contribution is -0.120. The van der Waals surface area contributed by atoms with Gasteiger partial charge in [-0.2, -0.15) is 19.0 Å². The lowest BCUT2D eigenvalue weighted by Crippen LogP contribution is -2.30. The smallest absolute Gasteiger partial charge is 0.333 e. The molecule has 4 aromatic rings. The van der Waals surface area contributed by atoms with Crippen LogP contribution in [0.3, 0.4) is 0 Å². The molecule has 3 N–H and O–H groups in total. The SMILES string of the molecule is CNC(=O)CCCCC[C@H](NC(=O)c1ccn(C(F)F)n1)c1ncc(-c2ccc(-c3ccn(C)n3)cc2)[nH]1. The fraction of sp³-hybridized carbons (Fsp3) is 0.346. The lowest BCUT2D eigenvalue weighted by atomic mass is 10.1. The number of halogens is 2. The number of H-pyrrole nitrogens is 1. The van der Waals surface area contributed by atoms with Crippen molar-refractivity contribution < 1.29 is 18.4 Å². The van der Waals surface area contributed by atoms with Gasteiger partial charge >= 0.3 is 6.55 Å². The van der Waals surface area contributed by atoms with Gasteiger partial charge in [0.1, 0.15) is 11.5 Å². The summed E-state index contributed by atoms with van der Waals surface area (Å²) in [6.07, 6.45) is 7.83. The Bertz CT molecular complexity index is 1360. The second kappa shape index (κ2) is 12.3. The van der Waals surface area contributed by atoms with E-state index in [0.29, 0.717) is 29.8 Å². The lowest BCUT2D eigenvalue weighted by Gasteiger charge is -2.16. The minimum atomic E-state index is -2.83. The van der Waals surface area contributed by atoms with Crippen LogP contribution in [0.5, 0.6) is 0 Å². The van der Waals surface area contributed by atoms with Gasteiger partial charge in [0.05, 0.1) is 23.6 Å².